The molecule has 0 saturated carbocycles. The number of rotatable bonds is 2. The first-order valence-corrected chi connectivity index (χ1v) is 5.30. The minimum Gasteiger partial charge on any atom is -0.495 e. The summed E-state index contributed by atoms with van der Waals surface area (Å²) in [6, 6.07) is 7.22. The fourth-order valence-electron chi connectivity index (χ4n) is 1.55. The normalized spacial score (nSPS) is 10.4. The van der Waals surface area contributed by atoms with E-state index in [-0.39, 0.29) is 10.2 Å². The van der Waals surface area contributed by atoms with Crippen LogP contribution in [-0.2, 0) is 0 Å². The molecule has 4 nitrogen and oxygen atoms in total. The first-order chi connectivity index (χ1) is 7.65. The molecule has 0 unspecified atom stereocenters. The van der Waals surface area contributed by atoms with Gasteiger partial charge >= 0.3 is 5.97 Å². The van der Waals surface area contributed by atoms with Crippen molar-refractivity contribution in [2.75, 3.05) is 7.11 Å². The number of pyridine rings is 1. The summed E-state index contributed by atoms with van der Waals surface area (Å²) in [5.74, 6) is -0.744. The van der Waals surface area contributed by atoms with Crippen molar-refractivity contribution in [3.63, 3.8) is 0 Å². The molecule has 1 heterocycles. The topological polar surface area (TPSA) is 59.4 Å². The summed E-state index contributed by atoms with van der Waals surface area (Å²) in [5.41, 5.74) is 0.734. The molecule has 5 heteroatoms. The molecular weight excluding hydrogens is 274 g/mol. The Morgan fingerprint density at radius 1 is 1.44 bits per heavy atom. The van der Waals surface area contributed by atoms with Gasteiger partial charge in [0.15, 0.2) is 0 Å². The van der Waals surface area contributed by atoms with Crippen LogP contribution in [0.5, 0.6) is 5.75 Å². The smallest absolute Gasteiger partial charge is 0.342 e. The van der Waals surface area contributed by atoms with Crippen LogP contribution in [0.2, 0.25) is 0 Å². The summed E-state index contributed by atoms with van der Waals surface area (Å²) in [6.07, 6.45) is 0. The van der Waals surface area contributed by atoms with Crippen LogP contribution in [0.15, 0.2) is 28.9 Å². The standard InChI is InChI=1S/C11H8BrNO3/c1-16-9-6-4-2-3-5-7(6)13-10(12)8(9)11(14)15/h2-5H,1H3,(H,14,15). The maximum atomic E-state index is 11.1. The second-order valence-electron chi connectivity index (χ2n) is 3.13. The molecule has 0 aliphatic rings. The Morgan fingerprint density at radius 2 is 2.12 bits per heavy atom. The quantitative estimate of drug-likeness (QED) is 0.860. The van der Waals surface area contributed by atoms with Crippen molar-refractivity contribution in [1.82, 2.24) is 4.98 Å². The lowest BCUT2D eigenvalue weighted by atomic mass is 10.1. The van der Waals surface area contributed by atoms with Crippen molar-refractivity contribution >= 4 is 32.8 Å². The van der Waals surface area contributed by atoms with Gasteiger partial charge in [-0.3, -0.25) is 0 Å². The van der Waals surface area contributed by atoms with Gasteiger partial charge in [-0.15, -0.1) is 0 Å². The fraction of sp³-hybridized carbons (Fsp3) is 0.0909. The number of hydrogen-bond acceptors (Lipinski definition) is 3. The number of halogens is 1. The second kappa shape index (κ2) is 4.09. The number of carboxylic acid groups (broad SMARTS) is 1. The van der Waals surface area contributed by atoms with Gasteiger partial charge in [0.1, 0.15) is 15.9 Å². The third-order valence-electron chi connectivity index (χ3n) is 2.22. The van der Waals surface area contributed by atoms with Gasteiger partial charge in [-0.2, -0.15) is 0 Å². The molecule has 0 amide bonds. The van der Waals surface area contributed by atoms with Crippen LogP contribution in [0.4, 0.5) is 0 Å². The molecule has 1 N–H and O–H groups in total. The van der Waals surface area contributed by atoms with E-state index in [1.54, 1.807) is 12.1 Å². The number of aromatic nitrogens is 1. The van der Waals surface area contributed by atoms with Gasteiger partial charge in [0.25, 0.3) is 0 Å². The Morgan fingerprint density at radius 3 is 2.75 bits per heavy atom. The van der Waals surface area contributed by atoms with Crippen molar-refractivity contribution in [2.24, 2.45) is 0 Å². The number of fused-ring (bicyclic) bond motifs is 1. The summed E-state index contributed by atoms with van der Waals surface area (Å²) in [4.78, 5) is 15.3. The van der Waals surface area contributed by atoms with Crippen LogP contribution in [0.25, 0.3) is 10.9 Å². The fourth-order valence-corrected chi connectivity index (χ4v) is 2.09. The maximum Gasteiger partial charge on any atom is 0.342 e. The Kier molecular flexibility index (Phi) is 2.78. The predicted molar refractivity (Wildman–Crippen MR) is 63.0 cm³/mol. The molecule has 2 aromatic rings. The highest BCUT2D eigenvalue weighted by Crippen LogP contribution is 2.32. The van der Waals surface area contributed by atoms with Crippen molar-refractivity contribution in [1.29, 1.82) is 0 Å². The SMILES string of the molecule is COc1c(C(=O)O)c(Br)nc2ccccc12. The molecule has 2 rings (SSSR count). The average Bonchev–Trinajstić information content (AvgIpc) is 2.26. The van der Waals surface area contributed by atoms with Crippen LogP contribution in [0.3, 0.4) is 0 Å². The second-order valence-corrected chi connectivity index (χ2v) is 3.88. The van der Waals surface area contributed by atoms with E-state index in [1.807, 2.05) is 12.1 Å². The summed E-state index contributed by atoms with van der Waals surface area (Å²) in [5, 5.41) is 9.77. The first kappa shape index (κ1) is 10.9. The van der Waals surface area contributed by atoms with E-state index in [2.05, 4.69) is 20.9 Å². The Balaban J connectivity index is 2.90. The molecule has 1 aromatic carbocycles. The van der Waals surface area contributed by atoms with Crippen LogP contribution in [0, 0.1) is 0 Å². The third-order valence-corrected chi connectivity index (χ3v) is 2.79. The molecule has 0 atom stereocenters. The Hall–Kier alpha value is -1.62. The lowest BCUT2D eigenvalue weighted by molar-refractivity contribution is 0.0692. The van der Waals surface area contributed by atoms with Crippen molar-refractivity contribution < 1.29 is 14.6 Å². The lowest BCUT2D eigenvalue weighted by Crippen LogP contribution is -2.04. The van der Waals surface area contributed by atoms with Crippen molar-refractivity contribution in [2.45, 2.75) is 0 Å². The molecule has 0 aliphatic carbocycles. The van der Waals surface area contributed by atoms with E-state index in [0.29, 0.717) is 16.7 Å². The van der Waals surface area contributed by atoms with Crippen LogP contribution >= 0.6 is 15.9 Å². The highest BCUT2D eigenvalue weighted by molar-refractivity contribution is 9.10. The summed E-state index contributed by atoms with van der Waals surface area (Å²) < 4.78 is 5.42. The van der Waals surface area contributed by atoms with E-state index in [0.717, 1.165) is 0 Å². The van der Waals surface area contributed by atoms with Gasteiger partial charge in [0, 0.05) is 5.39 Å². The average molecular weight is 282 g/mol. The van der Waals surface area contributed by atoms with Gasteiger partial charge in [-0.1, -0.05) is 12.1 Å². The van der Waals surface area contributed by atoms with Gasteiger partial charge in [0.2, 0.25) is 0 Å². The molecule has 0 saturated heterocycles. The van der Waals surface area contributed by atoms with Crippen molar-refractivity contribution in [3.05, 3.63) is 34.4 Å². The monoisotopic (exact) mass is 281 g/mol. The third kappa shape index (κ3) is 1.63. The summed E-state index contributed by atoms with van der Waals surface area (Å²) in [7, 11) is 1.45. The molecule has 1 aromatic heterocycles. The lowest BCUT2D eigenvalue weighted by Gasteiger charge is -2.09. The highest BCUT2D eigenvalue weighted by Gasteiger charge is 2.19. The number of carboxylic acids is 1. The minimum atomic E-state index is -1.07. The first-order valence-electron chi connectivity index (χ1n) is 4.50. The molecule has 82 valence electrons. The number of aromatic carboxylic acids is 1. The number of para-hydroxylation sites is 1. The number of ether oxygens (including phenoxy) is 1. The number of nitrogens with zero attached hydrogens (tertiary/aromatic N) is 1. The summed E-state index contributed by atoms with van der Waals surface area (Å²) in [6.45, 7) is 0. The highest BCUT2D eigenvalue weighted by atomic mass is 79.9. The van der Waals surface area contributed by atoms with Gasteiger partial charge in [-0.25, -0.2) is 9.78 Å². The molecule has 0 spiro atoms. The Labute approximate surface area is 100.0 Å². The molecule has 16 heavy (non-hydrogen) atoms. The zero-order valence-corrected chi connectivity index (χ0v) is 9.98. The van der Waals surface area contributed by atoms with E-state index < -0.39 is 5.97 Å². The molecule has 0 radical (unpaired) electrons. The predicted octanol–water partition coefficient (Wildman–Crippen LogP) is 2.70. The van der Waals surface area contributed by atoms with Crippen molar-refractivity contribution in [3.8, 4) is 5.75 Å². The van der Waals surface area contributed by atoms with Crippen LogP contribution in [0.1, 0.15) is 10.4 Å². The largest absolute Gasteiger partial charge is 0.495 e. The summed E-state index contributed by atoms with van der Waals surface area (Å²) >= 11 is 3.14. The van der Waals surface area contributed by atoms with E-state index in [4.69, 9.17) is 9.84 Å². The van der Waals surface area contributed by atoms with Gasteiger partial charge in [-0.05, 0) is 28.1 Å². The number of benzene rings is 1. The number of hydrogen-bond donors (Lipinski definition) is 1. The Bertz CT molecular complexity index is 568. The zero-order valence-electron chi connectivity index (χ0n) is 8.40. The minimum absolute atomic E-state index is 0.0428. The van der Waals surface area contributed by atoms with Gasteiger partial charge < -0.3 is 9.84 Å². The van der Waals surface area contributed by atoms with Crippen LogP contribution < -0.4 is 4.74 Å². The van der Waals surface area contributed by atoms with E-state index in [1.165, 1.54) is 7.11 Å². The molecular formula is C11H8BrNO3. The van der Waals surface area contributed by atoms with Gasteiger partial charge in [0.05, 0.1) is 12.6 Å². The molecule has 0 aliphatic heterocycles. The zero-order chi connectivity index (χ0) is 11.7. The molecule has 0 bridgehead atoms. The number of methoxy groups -OCH3 is 1. The maximum absolute atomic E-state index is 11.1. The van der Waals surface area contributed by atoms with E-state index in [9.17, 15) is 4.79 Å². The number of carbonyl (C=O) groups is 1. The molecule has 0 fully saturated rings. The van der Waals surface area contributed by atoms with Crippen LogP contribution in [-0.4, -0.2) is 23.2 Å². The van der Waals surface area contributed by atoms with E-state index >= 15 is 0 Å².